The van der Waals surface area contributed by atoms with Crippen LogP contribution in [0.5, 0.6) is 5.75 Å². The Kier molecular flexibility index (Phi) is 5.20. The van der Waals surface area contributed by atoms with Crippen LogP contribution in [-0.2, 0) is 4.79 Å². The molecule has 1 amide bonds. The fourth-order valence-electron chi connectivity index (χ4n) is 2.34. The highest BCUT2D eigenvalue weighted by Gasteiger charge is 2.43. The maximum absolute atomic E-state index is 11.7. The standard InChI is InChI=1S/C16H24N2O3/c1-13(2)16(20)11-18(12-16)10-15(19)17-8-9-21-14-6-4-3-5-7-14/h3-7,13,20H,8-12H2,1-2H3,(H,17,19). The number of amides is 1. The van der Waals surface area contributed by atoms with Gasteiger partial charge in [0, 0.05) is 13.1 Å². The minimum absolute atomic E-state index is 0.0301. The third-order valence-electron chi connectivity index (χ3n) is 3.87. The molecule has 116 valence electrons. The van der Waals surface area contributed by atoms with Crippen LogP contribution in [0.25, 0.3) is 0 Å². The average Bonchev–Trinajstić information content (AvgIpc) is 2.42. The number of nitrogens with zero attached hydrogens (tertiary/aromatic N) is 1. The van der Waals surface area contributed by atoms with E-state index in [1.807, 2.05) is 49.1 Å². The van der Waals surface area contributed by atoms with Gasteiger partial charge in [0.1, 0.15) is 12.4 Å². The van der Waals surface area contributed by atoms with Crippen LogP contribution in [0.2, 0.25) is 0 Å². The zero-order valence-corrected chi connectivity index (χ0v) is 12.7. The number of likely N-dealkylation sites (tertiary alicyclic amines) is 1. The van der Waals surface area contributed by atoms with Crippen molar-refractivity contribution in [2.45, 2.75) is 19.4 Å². The zero-order chi connectivity index (χ0) is 15.3. The smallest absolute Gasteiger partial charge is 0.234 e. The lowest BCUT2D eigenvalue weighted by Gasteiger charge is -2.48. The summed E-state index contributed by atoms with van der Waals surface area (Å²) in [5.74, 6) is 0.991. The largest absolute Gasteiger partial charge is 0.492 e. The Labute approximate surface area is 125 Å². The van der Waals surface area contributed by atoms with Crippen molar-refractivity contribution in [3.05, 3.63) is 30.3 Å². The van der Waals surface area contributed by atoms with Gasteiger partial charge >= 0.3 is 0 Å². The van der Waals surface area contributed by atoms with E-state index in [0.717, 1.165) is 5.75 Å². The molecule has 0 aliphatic carbocycles. The van der Waals surface area contributed by atoms with Gasteiger partial charge in [-0.1, -0.05) is 32.0 Å². The van der Waals surface area contributed by atoms with Crippen LogP contribution in [0.3, 0.4) is 0 Å². The van der Waals surface area contributed by atoms with E-state index in [0.29, 0.717) is 32.8 Å². The minimum atomic E-state index is -0.628. The number of para-hydroxylation sites is 1. The van der Waals surface area contributed by atoms with Gasteiger partial charge in [0.05, 0.1) is 18.7 Å². The Morgan fingerprint density at radius 1 is 1.38 bits per heavy atom. The number of nitrogens with one attached hydrogen (secondary N) is 1. The lowest BCUT2D eigenvalue weighted by Crippen LogP contribution is -2.65. The van der Waals surface area contributed by atoms with Gasteiger partial charge in [-0.3, -0.25) is 9.69 Å². The third kappa shape index (κ3) is 4.44. The molecule has 0 spiro atoms. The average molecular weight is 292 g/mol. The van der Waals surface area contributed by atoms with Gasteiger partial charge in [-0.2, -0.15) is 0 Å². The van der Waals surface area contributed by atoms with Crippen molar-refractivity contribution in [3.8, 4) is 5.75 Å². The molecular formula is C16H24N2O3. The Hall–Kier alpha value is -1.59. The molecule has 21 heavy (non-hydrogen) atoms. The first-order valence-electron chi connectivity index (χ1n) is 7.39. The van der Waals surface area contributed by atoms with Crippen LogP contribution >= 0.6 is 0 Å². The third-order valence-corrected chi connectivity index (χ3v) is 3.87. The summed E-state index contributed by atoms with van der Waals surface area (Å²) >= 11 is 0. The number of carbonyl (C=O) groups is 1. The van der Waals surface area contributed by atoms with Crippen molar-refractivity contribution in [1.29, 1.82) is 0 Å². The number of rotatable bonds is 7. The monoisotopic (exact) mass is 292 g/mol. The summed E-state index contributed by atoms with van der Waals surface area (Å²) in [5, 5.41) is 12.9. The Balaban J connectivity index is 1.57. The fourth-order valence-corrected chi connectivity index (χ4v) is 2.34. The second-order valence-electron chi connectivity index (χ2n) is 5.91. The molecule has 0 bridgehead atoms. The Morgan fingerprint density at radius 2 is 2.05 bits per heavy atom. The molecule has 1 aliphatic rings. The molecule has 0 saturated carbocycles. The summed E-state index contributed by atoms with van der Waals surface area (Å²) in [6, 6.07) is 9.52. The molecule has 1 aromatic carbocycles. The molecule has 0 aromatic heterocycles. The SMILES string of the molecule is CC(C)C1(O)CN(CC(=O)NCCOc2ccccc2)C1. The van der Waals surface area contributed by atoms with Gasteiger partial charge in [0.15, 0.2) is 0 Å². The van der Waals surface area contributed by atoms with E-state index in [2.05, 4.69) is 5.32 Å². The lowest BCUT2D eigenvalue weighted by atomic mass is 9.83. The molecule has 5 nitrogen and oxygen atoms in total. The van der Waals surface area contributed by atoms with Crippen LogP contribution in [0.15, 0.2) is 30.3 Å². The highest BCUT2D eigenvalue weighted by atomic mass is 16.5. The maximum Gasteiger partial charge on any atom is 0.234 e. The second-order valence-corrected chi connectivity index (χ2v) is 5.91. The number of aliphatic hydroxyl groups is 1. The molecule has 1 aromatic rings. The molecule has 1 aliphatic heterocycles. The van der Waals surface area contributed by atoms with Crippen LogP contribution in [-0.4, -0.2) is 54.3 Å². The summed E-state index contributed by atoms with van der Waals surface area (Å²) in [6.07, 6.45) is 0. The van der Waals surface area contributed by atoms with E-state index in [1.165, 1.54) is 0 Å². The predicted octanol–water partition coefficient (Wildman–Crippen LogP) is 0.884. The number of hydrogen-bond acceptors (Lipinski definition) is 4. The summed E-state index contributed by atoms with van der Waals surface area (Å²) in [7, 11) is 0. The van der Waals surface area contributed by atoms with Crippen molar-refractivity contribution in [1.82, 2.24) is 10.2 Å². The van der Waals surface area contributed by atoms with Crippen molar-refractivity contribution < 1.29 is 14.6 Å². The van der Waals surface area contributed by atoms with Gasteiger partial charge in [0.25, 0.3) is 0 Å². The second kappa shape index (κ2) is 6.91. The van der Waals surface area contributed by atoms with Crippen molar-refractivity contribution in [2.24, 2.45) is 5.92 Å². The van der Waals surface area contributed by atoms with E-state index >= 15 is 0 Å². The number of ether oxygens (including phenoxy) is 1. The van der Waals surface area contributed by atoms with Gasteiger partial charge < -0.3 is 15.2 Å². The van der Waals surface area contributed by atoms with Crippen LogP contribution in [0, 0.1) is 5.92 Å². The van der Waals surface area contributed by atoms with Crippen LogP contribution in [0.4, 0.5) is 0 Å². The molecule has 1 heterocycles. The van der Waals surface area contributed by atoms with Crippen LogP contribution in [0.1, 0.15) is 13.8 Å². The number of benzene rings is 1. The normalized spacial score (nSPS) is 17.3. The Morgan fingerprint density at radius 3 is 2.67 bits per heavy atom. The maximum atomic E-state index is 11.7. The fraction of sp³-hybridized carbons (Fsp3) is 0.562. The zero-order valence-electron chi connectivity index (χ0n) is 12.7. The van der Waals surface area contributed by atoms with Gasteiger partial charge in [-0.15, -0.1) is 0 Å². The van der Waals surface area contributed by atoms with E-state index < -0.39 is 5.60 Å². The molecule has 0 radical (unpaired) electrons. The molecule has 5 heteroatoms. The van der Waals surface area contributed by atoms with Gasteiger partial charge in [-0.05, 0) is 18.1 Å². The topological polar surface area (TPSA) is 61.8 Å². The summed E-state index contributed by atoms with van der Waals surface area (Å²) in [6.45, 7) is 6.40. The van der Waals surface area contributed by atoms with E-state index in [-0.39, 0.29) is 11.8 Å². The van der Waals surface area contributed by atoms with Crippen molar-refractivity contribution in [3.63, 3.8) is 0 Å². The molecule has 2 rings (SSSR count). The van der Waals surface area contributed by atoms with Gasteiger partial charge in [0.2, 0.25) is 5.91 Å². The minimum Gasteiger partial charge on any atom is -0.492 e. The van der Waals surface area contributed by atoms with E-state index in [1.54, 1.807) is 0 Å². The lowest BCUT2D eigenvalue weighted by molar-refractivity contribution is -0.142. The van der Waals surface area contributed by atoms with E-state index in [4.69, 9.17) is 4.74 Å². The predicted molar refractivity (Wildman–Crippen MR) is 81.2 cm³/mol. The summed E-state index contributed by atoms with van der Waals surface area (Å²) in [5.41, 5.74) is -0.628. The number of β-amino-alcohol motifs (C(OH)–C–C–N with tert-alkyl or cyclic N) is 1. The number of carbonyl (C=O) groups excluding carboxylic acids is 1. The molecule has 0 atom stereocenters. The molecule has 0 unspecified atom stereocenters. The summed E-state index contributed by atoms with van der Waals surface area (Å²) < 4.78 is 5.50. The molecule has 1 fully saturated rings. The molecule has 2 N–H and O–H groups in total. The first kappa shape index (κ1) is 15.8. The quantitative estimate of drug-likeness (QED) is 0.733. The van der Waals surface area contributed by atoms with Crippen molar-refractivity contribution >= 4 is 5.91 Å². The molecule has 1 saturated heterocycles. The summed E-state index contributed by atoms with van der Waals surface area (Å²) in [4.78, 5) is 13.7. The van der Waals surface area contributed by atoms with Gasteiger partial charge in [-0.25, -0.2) is 0 Å². The highest BCUT2D eigenvalue weighted by molar-refractivity contribution is 5.78. The first-order valence-corrected chi connectivity index (χ1v) is 7.39. The van der Waals surface area contributed by atoms with Crippen molar-refractivity contribution in [2.75, 3.05) is 32.8 Å². The highest BCUT2D eigenvalue weighted by Crippen LogP contribution is 2.27. The van der Waals surface area contributed by atoms with E-state index in [9.17, 15) is 9.90 Å². The molecular weight excluding hydrogens is 268 g/mol. The number of hydrogen-bond donors (Lipinski definition) is 2. The Bertz CT molecular complexity index is 456. The van der Waals surface area contributed by atoms with Crippen LogP contribution < -0.4 is 10.1 Å². The first-order chi connectivity index (χ1) is 9.99.